The summed E-state index contributed by atoms with van der Waals surface area (Å²) in [5, 5.41) is 8.81. The van der Waals surface area contributed by atoms with E-state index < -0.39 is 21.8 Å². The van der Waals surface area contributed by atoms with E-state index in [2.05, 4.69) is 0 Å². The lowest BCUT2D eigenvalue weighted by molar-refractivity contribution is 0.399. The van der Waals surface area contributed by atoms with Crippen LogP contribution in [0.4, 0.5) is 10.1 Å². The van der Waals surface area contributed by atoms with Gasteiger partial charge in [0, 0.05) is 24.3 Å². The molecule has 0 radical (unpaired) electrons. The van der Waals surface area contributed by atoms with Crippen molar-refractivity contribution in [3.8, 4) is 6.07 Å². The molecular formula is C13H18FN3O2S. The molecule has 0 aromatic heterocycles. The van der Waals surface area contributed by atoms with Crippen molar-refractivity contribution in [2.24, 2.45) is 5.92 Å². The molecule has 1 rings (SSSR count). The summed E-state index contributed by atoms with van der Waals surface area (Å²) in [5.41, 5.74) is 5.60. The number of halogens is 1. The zero-order chi connectivity index (χ0) is 15.5. The second-order valence-corrected chi connectivity index (χ2v) is 6.52. The van der Waals surface area contributed by atoms with Crippen LogP contribution < -0.4 is 5.73 Å². The van der Waals surface area contributed by atoms with Crippen molar-refractivity contribution in [3.05, 3.63) is 23.5 Å². The van der Waals surface area contributed by atoms with Crippen LogP contribution in [-0.2, 0) is 10.0 Å². The highest BCUT2D eigenvalue weighted by molar-refractivity contribution is 7.89. The second kappa shape index (κ2) is 6.20. The highest BCUT2D eigenvalue weighted by atomic mass is 32.2. The molecule has 0 fully saturated rings. The van der Waals surface area contributed by atoms with Gasteiger partial charge in [-0.3, -0.25) is 0 Å². The summed E-state index contributed by atoms with van der Waals surface area (Å²) in [7, 11) is -3.87. The van der Waals surface area contributed by atoms with Gasteiger partial charge in [-0.15, -0.1) is 0 Å². The molecule has 110 valence electrons. The van der Waals surface area contributed by atoms with Gasteiger partial charge in [0.2, 0.25) is 10.0 Å². The van der Waals surface area contributed by atoms with Crippen molar-refractivity contribution in [1.29, 1.82) is 5.26 Å². The highest BCUT2D eigenvalue weighted by Gasteiger charge is 2.27. The Hall–Kier alpha value is -1.65. The van der Waals surface area contributed by atoms with E-state index in [1.165, 1.54) is 13.0 Å². The van der Waals surface area contributed by atoms with E-state index in [-0.39, 0.29) is 29.2 Å². The Bertz CT molecular complexity index is 638. The molecule has 1 aromatic carbocycles. The van der Waals surface area contributed by atoms with Crippen LogP contribution in [0.1, 0.15) is 19.4 Å². The van der Waals surface area contributed by atoms with E-state index in [9.17, 15) is 12.8 Å². The van der Waals surface area contributed by atoms with Crippen molar-refractivity contribution in [3.63, 3.8) is 0 Å². The number of sulfonamides is 1. The fourth-order valence-corrected chi connectivity index (χ4v) is 3.63. The number of nitrogens with two attached hydrogens (primary N) is 1. The molecule has 1 aromatic rings. The summed E-state index contributed by atoms with van der Waals surface area (Å²) in [6, 6.07) is 4.32. The highest BCUT2D eigenvalue weighted by Crippen LogP contribution is 2.25. The fourth-order valence-electron chi connectivity index (χ4n) is 1.82. The number of hydrogen-bond acceptors (Lipinski definition) is 4. The third kappa shape index (κ3) is 3.26. The van der Waals surface area contributed by atoms with Gasteiger partial charge < -0.3 is 5.73 Å². The summed E-state index contributed by atoms with van der Waals surface area (Å²) < 4.78 is 39.9. The molecule has 0 amide bonds. The molecule has 0 heterocycles. The zero-order valence-corrected chi connectivity index (χ0v) is 12.5. The van der Waals surface area contributed by atoms with Gasteiger partial charge in [0.1, 0.15) is 5.82 Å². The van der Waals surface area contributed by atoms with E-state index in [0.717, 1.165) is 10.4 Å². The number of hydrogen-bond donors (Lipinski definition) is 1. The first-order chi connectivity index (χ1) is 9.23. The van der Waals surface area contributed by atoms with Crippen molar-refractivity contribution < 1.29 is 12.8 Å². The van der Waals surface area contributed by atoms with Gasteiger partial charge in [-0.1, -0.05) is 6.92 Å². The van der Waals surface area contributed by atoms with Crippen molar-refractivity contribution in [1.82, 2.24) is 4.31 Å². The minimum Gasteiger partial charge on any atom is -0.399 e. The maximum absolute atomic E-state index is 13.7. The quantitative estimate of drug-likeness (QED) is 0.841. The van der Waals surface area contributed by atoms with Gasteiger partial charge in [0.05, 0.1) is 16.9 Å². The van der Waals surface area contributed by atoms with Gasteiger partial charge in [0.25, 0.3) is 0 Å². The van der Waals surface area contributed by atoms with Crippen LogP contribution in [0, 0.1) is 30.0 Å². The molecule has 0 aliphatic rings. The lowest BCUT2D eigenvalue weighted by atomic mass is 10.2. The molecule has 2 N–H and O–H groups in total. The predicted octanol–water partition coefficient (Wildman–Crippen LogP) is 1.89. The summed E-state index contributed by atoms with van der Waals surface area (Å²) >= 11 is 0. The monoisotopic (exact) mass is 299 g/mol. The third-order valence-electron chi connectivity index (χ3n) is 2.99. The zero-order valence-electron chi connectivity index (χ0n) is 11.7. The van der Waals surface area contributed by atoms with Crippen molar-refractivity contribution >= 4 is 15.7 Å². The van der Waals surface area contributed by atoms with Gasteiger partial charge in [-0.05, 0) is 26.0 Å². The molecule has 20 heavy (non-hydrogen) atoms. The maximum Gasteiger partial charge on any atom is 0.243 e. The number of nitrogens with zero attached hydrogens (tertiary/aromatic N) is 2. The van der Waals surface area contributed by atoms with Crippen LogP contribution in [0.3, 0.4) is 0 Å². The van der Waals surface area contributed by atoms with Crippen molar-refractivity contribution in [2.75, 3.05) is 18.8 Å². The maximum atomic E-state index is 13.7. The van der Waals surface area contributed by atoms with E-state index >= 15 is 0 Å². The fraction of sp³-hybridized carbons (Fsp3) is 0.462. The van der Waals surface area contributed by atoms with Crippen LogP contribution in [0.15, 0.2) is 17.0 Å². The van der Waals surface area contributed by atoms with Crippen molar-refractivity contribution in [2.45, 2.75) is 25.7 Å². The number of nitrogen functional groups attached to an aromatic ring is 1. The molecule has 0 aliphatic carbocycles. The van der Waals surface area contributed by atoms with Gasteiger partial charge in [-0.2, -0.15) is 9.57 Å². The number of anilines is 1. The standard InChI is InChI=1S/C13H18FN3O2S/c1-4-17(8-9(2)7-15)20(18,19)13-6-11(16)5-12(14)10(13)3/h5-6,9H,4,8,16H2,1-3H3. The van der Waals surface area contributed by atoms with Gasteiger partial charge >= 0.3 is 0 Å². The van der Waals surface area contributed by atoms with E-state index in [0.29, 0.717) is 0 Å². The van der Waals surface area contributed by atoms with E-state index in [1.54, 1.807) is 13.8 Å². The van der Waals surface area contributed by atoms with Gasteiger partial charge in [-0.25, -0.2) is 12.8 Å². The first-order valence-corrected chi connectivity index (χ1v) is 7.63. The first-order valence-electron chi connectivity index (χ1n) is 6.19. The normalized spacial score (nSPS) is 13.2. The molecule has 0 aliphatic heterocycles. The Morgan fingerprint density at radius 2 is 2.10 bits per heavy atom. The summed E-state index contributed by atoms with van der Waals surface area (Å²) in [5.74, 6) is -1.11. The number of benzene rings is 1. The molecule has 1 atom stereocenters. The van der Waals surface area contributed by atoms with E-state index in [4.69, 9.17) is 11.0 Å². The topological polar surface area (TPSA) is 87.2 Å². The number of nitriles is 1. The minimum absolute atomic E-state index is 0.0299. The predicted molar refractivity (Wildman–Crippen MR) is 74.8 cm³/mol. The molecule has 0 saturated carbocycles. The first kappa shape index (κ1) is 16.4. The SMILES string of the molecule is CCN(CC(C)C#N)S(=O)(=O)c1cc(N)cc(F)c1C. The second-order valence-electron chi connectivity index (χ2n) is 4.61. The Morgan fingerprint density at radius 3 is 2.60 bits per heavy atom. The molecule has 0 bridgehead atoms. The lowest BCUT2D eigenvalue weighted by Crippen LogP contribution is -2.35. The Balaban J connectivity index is 3.32. The molecule has 1 unspecified atom stereocenters. The average Bonchev–Trinajstić information content (AvgIpc) is 2.39. The molecule has 0 spiro atoms. The molecule has 0 saturated heterocycles. The lowest BCUT2D eigenvalue weighted by Gasteiger charge is -2.22. The van der Waals surface area contributed by atoms with Crippen LogP contribution in [-0.4, -0.2) is 25.8 Å². The summed E-state index contributed by atoms with van der Waals surface area (Å²) in [6.07, 6.45) is 0. The van der Waals surface area contributed by atoms with Crippen LogP contribution in [0.2, 0.25) is 0 Å². The van der Waals surface area contributed by atoms with Crippen LogP contribution in [0.25, 0.3) is 0 Å². The Labute approximate surface area is 118 Å². The minimum atomic E-state index is -3.87. The Morgan fingerprint density at radius 1 is 1.50 bits per heavy atom. The van der Waals surface area contributed by atoms with Crippen LogP contribution >= 0.6 is 0 Å². The number of rotatable bonds is 5. The summed E-state index contributed by atoms with van der Waals surface area (Å²) in [4.78, 5) is -0.151. The van der Waals surface area contributed by atoms with Gasteiger partial charge in [0.15, 0.2) is 0 Å². The van der Waals surface area contributed by atoms with Crippen LogP contribution in [0.5, 0.6) is 0 Å². The molecule has 5 nitrogen and oxygen atoms in total. The average molecular weight is 299 g/mol. The smallest absolute Gasteiger partial charge is 0.243 e. The molecular weight excluding hydrogens is 281 g/mol. The Kier molecular flexibility index (Phi) is 5.09. The van der Waals surface area contributed by atoms with E-state index in [1.807, 2.05) is 6.07 Å². The molecule has 7 heteroatoms. The largest absolute Gasteiger partial charge is 0.399 e. The summed E-state index contributed by atoms with van der Waals surface area (Å²) in [6.45, 7) is 4.95. The third-order valence-corrected chi connectivity index (χ3v) is 5.05.